The molecule has 0 aliphatic carbocycles. The maximum absolute atomic E-state index is 10.9. The van der Waals surface area contributed by atoms with Crippen LogP contribution in [0.5, 0.6) is 5.75 Å². The van der Waals surface area contributed by atoms with Gasteiger partial charge in [0.05, 0.1) is 6.21 Å². The number of phenols is 1. The number of rotatable bonds is 3. The molecule has 0 saturated carbocycles. The van der Waals surface area contributed by atoms with Gasteiger partial charge in [0.2, 0.25) is 5.96 Å². The van der Waals surface area contributed by atoms with Crippen LogP contribution in [0.15, 0.2) is 33.3 Å². The van der Waals surface area contributed by atoms with Crippen LogP contribution in [0.25, 0.3) is 0 Å². The minimum Gasteiger partial charge on any atom is -0.506 e. The Balaban J connectivity index is 3.14. The van der Waals surface area contributed by atoms with Gasteiger partial charge in [-0.1, -0.05) is 0 Å². The zero-order valence-electron chi connectivity index (χ0n) is 8.48. The number of aromatic hydroxyl groups is 1. The van der Waals surface area contributed by atoms with Gasteiger partial charge < -0.3 is 16.6 Å². The lowest BCUT2D eigenvalue weighted by Gasteiger charge is -2.01. The zero-order valence-corrected chi connectivity index (χ0v) is 9.29. The summed E-state index contributed by atoms with van der Waals surface area (Å²) in [5, 5.41) is 16.0. The lowest BCUT2D eigenvalue weighted by atomic mass is 10.2. The lowest BCUT2D eigenvalue weighted by Crippen LogP contribution is -2.21. The first-order chi connectivity index (χ1) is 7.80. The minimum absolute atomic E-state index is 0.255. The molecule has 0 atom stereocenters. The number of nitrogens with zero attached hydrogens (tertiary/aromatic N) is 2. The smallest absolute Gasteiger partial charge is 0.298 e. The standard InChI is InChI=1S/C8H10N4O4S/c9-8(10)12-11-4-5-1-2-6(13)7(3-5)17(14,15)16/h1-4,13H,(H4,9,10,12)(H,14,15,16)/b11-4-. The Kier molecular flexibility index (Phi) is 3.66. The summed E-state index contributed by atoms with van der Waals surface area (Å²) in [7, 11) is -4.49. The van der Waals surface area contributed by atoms with Gasteiger partial charge in [-0.3, -0.25) is 4.55 Å². The van der Waals surface area contributed by atoms with Crippen molar-refractivity contribution in [3.63, 3.8) is 0 Å². The van der Waals surface area contributed by atoms with Gasteiger partial charge in [0.1, 0.15) is 10.6 Å². The summed E-state index contributed by atoms with van der Waals surface area (Å²) in [6, 6.07) is 3.49. The van der Waals surface area contributed by atoms with Crippen LogP contribution < -0.4 is 11.5 Å². The molecule has 1 rings (SSSR count). The molecule has 0 spiro atoms. The highest BCUT2D eigenvalue weighted by Crippen LogP contribution is 2.22. The third kappa shape index (κ3) is 3.74. The van der Waals surface area contributed by atoms with Crippen LogP contribution in [0.3, 0.4) is 0 Å². The van der Waals surface area contributed by atoms with Gasteiger partial charge in [-0.05, 0) is 23.8 Å². The first kappa shape index (κ1) is 12.9. The number of phenolic OH excluding ortho intramolecular Hbond substituents is 1. The van der Waals surface area contributed by atoms with Crippen molar-refractivity contribution in [2.24, 2.45) is 21.7 Å². The van der Waals surface area contributed by atoms with Crippen LogP contribution in [-0.2, 0) is 10.1 Å². The van der Waals surface area contributed by atoms with Crippen molar-refractivity contribution in [3.05, 3.63) is 23.8 Å². The van der Waals surface area contributed by atoms with Crippen LogP contribution in [0.4, 0.5) is 0 Å². The highest BCUT2D eigenvalue weighted by molar-refractivity contribution is 7.86. The second kappa shape index (κ2) is 4.80. The SMILES string of the molecule is NC(N)=N/N=C\c1ccc(O)c(S(=O)(=O)O)c1. The van der Waals surface area contributed by atoms with E-state index in [0.29, 0.717) is 5.56 Å². The summed E-state index contributed by atoms with van der Waals surface area (Å²) >= 11 is 0. The molecule has 0 aliphatic heterocycles. The predicted molar refractivity (Wildman–Crippen MR) is 61.3 cm³/mol. The first-order valence-corrected chi connectivity index (χ1v) is 5.67. The van der Waals surface area contributed by atoms with Crippen molar-refractivity contribution in [1.29, 1.82) is 0 Å². The van der Waals surface area contributed by atoms with E-state index in [1.807, 2.05) is 0 Å². The number of benzene rings is 1. The Morgan fingerprint density at radius 3 is 2.53 bits per heavy atom. The van der Waals surface area contributed by atoms with Gasteiger partial charge in [0.15, 0.2) is 0 Å². The van der Waals surface area contributed by atoms with E-state index in [4.69, 9.17) is 16.0 Å². The van der Waals surface area contributed by atoms with Crippen LogP contribution in [0.2, 0.25) is 0 Å². The number of hydrogen-bond acceptors (Lipinski definition) is 5. The maximum atomic E-state index is 10.9. The molecule has 0 bridgehead atoms. The Morgan fingerprint density at radius 2 is 2.00 bits per heavy atom. The van der Waals surface area contributed by atoms with Crippen molar-refractivity contribution in [2.75, 3.05) is 0 Å². The summed E-state index contributed by atoms with van der Waals surface area (Å²) in [5.41, 5.74) is 10.3. The molecule has 6 N–H and O–H groups in total. The third-order valence-electron chi connectivity index (χ3n) is 1.64. The van der Waals surface area contributed by atoms with E-state index in [-0.39, 0.29) is 5.96 Å². The predicted octanol–water partition coefficient (Wildman–Crippen LogP) is -0.754. The van der Waals surface area contributed by atoms with Crippen LogP contribution in [0, 0.1) is 0 Å². The summed E-state index contributed by atoms with van der Waals surface area (Å²) in [5.74, 6) is -0.818. The summed E-state index contributed by atoms with van der Waals surface area (Å²) in [6.07, 6.45) is 1.16. The quantitative estimate of drug-likeness (QED) is 0.242. The molecule has 0 amide bonds. The van der Waals surface area contributed by atoms with Gasteiger partial charge in [0, 0.05) is 0 Å². The van der Waals surface area contributed by atoms with Gasteiger partial charge in [-0.15, -0.1) is 5.10 Å². The normalized spacial score (nSPS) is 11.6. The van der Waals surface area contributed by atoms with Crippen molar-refractivity contribution in [1.82, 2.24) is 0 Å². The van der Waals surface area contributed by atoms with E-state index in [1.165, 1.54) is 6.07 Å². The second-order valence-corrected chi connectivity index (χ2v) is 4.36. The first-order valence-electron chi connectivity index (χ1n) is 4.23. The Morgan fingerprint density at radius 1 is 1.35 bits per heavy atom. The summed E-state index contributed by atoms with van der Waals surface area (Å²) in [6.45, 7) is 0. The average molecular weight is 258 g/mol. The van der Waals surface area contributed by atoms with Crippen molar-refractivity contribution in [3.8, 4) is 5.75 Å². The summed E-state index contributed by atoms with van der Waals surface area (Å²) < 4.78 is 30.6. The van der Waals surface area contributed by atoms with Crippen LogP contribution in [0.1, 0.15) is 5.56 Å². The molecule has 1 aromatic carbocycles. The Bertz CT molecular complexity index is 575. The van der Waals surface area contributed by atoms with Crippen molar-refractivity contribution in [2.45, 2.75) is 4.90 Å². The van der Waals surface area contributed by atoms with E-state index in [0.717, 1.165) is 18.3 Å². The Hall–Kier alpha value is -2.13. The fraction of sp³-hybridized carbons (Fsp3) is 0. The molecule has 0 unspecified atom stereocenters. The van der Waals surface area contributed by atoms with E-state index in [9.17, 15) is 13.5 Å². The molecule has 0 radical (unpaired) electrons. The minimum atomic E-state index is -4.49. The molecular formula is C8H10N4O4S. The fourth-order valence-corrected chi connectivity index (χ4v) is 1.60. The molecule has 92 valence electrons. The highest BCUT2D eigenvalue weighted by Gasteiger charge is 2.15. The van der Waals surface area contributed by atoms with E-state index in [1.54, 1.807) is 0 Å². The van der Waals surface area contributed by atoms with Crippen LogP contribution in [-0.4, -0.2) is 30.3 Å². The largest absolute Gasteiger partial charge is 0.506 e. The topological polar surface area (TPSA) is 151 Å². The monoisotopic (exact) mass is 258 g/mol. The molecule has 8 nitrogen and oxygen atoms in total. The molecule has 0 aromatic heterocycles. The van der Waals surface area contributed by atoms with Gasteiger partial charge in [-0.2, -0.15) is 13.5 Å². The zero-order chi connectivity index (χ0) is 13.1. The third-order valence-corrected chi connectivity index (χ3v) is 2.52. The fourth-order valence-electron chi connectivity index (χ4n) is 0.980. The molecule has 1 aromatic rings. The van der Waals surface area contributed by atoms with Gasteiger partial charge in [-0.25, -0.2) is 0 Å². The molecule has 0 heterocycles. The number of guanidine groups is 1. The molecule has 17 heavy (non-hydrogen) atoms. The van der Waals surface area contributed by atoms with Gasteiger partial charge in [0.25, 0.3) is 10.1 Å². The Labute approximate surface area is 97.0 Å². The number of hydrogen-bond donors (Lipinski definition) is 4. The van der Waals surface area contributed by atoms with E-state index in [2.05, 4.69) is 10.2 Å². The van der Waals surface area contributed by atoms with Crippen molar-refractivity contribution < 1.29 is 18.1 Å². The molecular weight excluding hydrogens is 248 g/mol. The average Bonchev–Trinajstić information content (AvgIpc) is 2.18. The molecule has 0 fully saturated rings. The maximum Gasteiger partial charge on any atom is 0.298 e. The molecule has 0 saturated heterocycles. The second-order valence-electron chi connectivity index (χ2n) is 2.97. The highest BCUT2D eigenvalue weighted by atomic mass is 32.2. The summed E-state index contributed by atoms with van der Waals surface area (Å²) in [4.78, 5) is -0.619. The lowest BCUT2D eigenvalue weighted by molar-refractivity contribution is 0.443. The molecule has 0 aliphatic rings. The van der Waals surface area contributed by atoms with Crippen molar-refractivity contribution >= 4 is 22.3 Å². The molecule has 9 heteroatoms. The number of nitrogens with two attached hydrogens (primary N) is 2. The van der Waals surface area contributed by atoms with E-state index < -0.39 is 20.8 Å². The van der Waals surface area contributed by atoms with E-state index >= 15 is 0 Å². The van der Waals surface area contributed by atoms with Crippen LogP contribution >= 0.6 is 0 Å². The van der Waals surface area contributed by atoms with Gasteiger partial charge >= 0.3 is 0 Å².